The SMILES string of the molecule is COc1ccc2n[nH]c(CCN3CCCCC3)c2c1. The summed E-state index contributed by atoms with van der Waals surface area (Å²) in [6.45, 7) is 3.61. The maximum atomic E-state index is 5.29. The Morgan fingerprint density at radius 2 is 2.11 bits per heavy atom. The number of fused-ring (bicyclic) bond motifs is 1. The summed E-state index contributed by atoms with van der Waals surface area (Å²) in [5, 5.41) is 8.72. The Labute approximate surface area is 113 Å². The van der Waals surface area contributed by atoms with Gasteiger partial charge in [0.25, 0.3) is 0 Å². The van der Waals surface area contributed by atoms with Crippen molar-refractivity contribution in [1.29, 1.82) is 0 Å². The van der Waals surface area contributed by atoms with Crippen LogP contribution in [-0.2, 0) is 6.42 Å². The number of aromatic amines is 1. The van der Waals surface area contributed by atoms with E-state index in [2.05, 4.69) is 21.2 Å². The molecule has 0 saturated carbocycles. The van der Waals surface area contributed by atoms with E-state index >= 15 is 0 Å². The van der Waals surface area contributed by atoms with Gasteiger partial charge in [-0.05, 0) is 44.1 Å². The molecule has 2 aromatic rings. The maximum absolute atomic E-state index is 5.29. The van der Waals surface area contributed by atoms with Crippen LogP contribution in [0.3, 0.4) is 0 Å². The second-order valence-electron chi connectivity index (χ2n) is 5.24. The normalized spacial score (nSPS) is 16.9. The van der Waals surface area contributed by atoms with E-state index in [1.54, 1.807) is 7.11 Å². The molecule has 0 amide bonds. The topological polar surface area (TPSA) is 41.1 Å². The molecule has 1 aromatic heterocycles. The Hall–Kier alpha value is -1.55. The Kier molecular flexibility index (Phi) is 3.69. The Bertz CT molecular complexity index is 543. The highest BCUT2D eigenvalue weighted by atomic mass is 16.5. The van der Waals surface area contributed by atoms with Gasteiger partial charge >= 0.3 is 0 Å². The number of rotatable bonds is 4. The van der Waals surface area contributed by atoms with Gasteiger partial charge < -0.3 is 9.64 Å². The number of hydrogen-bond acceptors (Lipinski definition) is 3. The molecule has 102 valence electrons. The second kappa shape index (κ2) is 5.61. The van der Waals surface area contributed by atoms with E-state index in [0.717, 1.165) is 24.2 Å². The highest BCUT2D eigenvalue weighted by molar-refractivity contribution is 5.82. The Morgan fingerprint density at radius 1 is 1.26 bits per heavy atom. The van der Waals surface area contributed by atoms with Gasteiger partial charge in [0.2, 0.25) is 0 Å². The van der Waals surface area contributed by atoms with Crippen molar-refractivity contribution in [3.63, 3.8) is 0 Å². The van der Waals surface area contributed by atoms with Gasteiger partial charge in [0.05, 0.1) is 12.6 Å². The first-order valence-electron chi connectivity index (χ1n) is 7.10. The summed E-state index contributed by atoms with van der Waals surface area (Å²) in [5.74, 6) is 0.896. The zero-order chi connectivity index (χ0) is 13.1. The molecule has 4 heteroatoms. The third-order valence-corrected chi connectivity index (χ3v) is 3.97. The number of benzene rings is 1. The molecule has 0 bridgehead atoms. The molecule has 1 aliphatic heterocycles. The lowest BCUT2D eigenvalue weighted by molar-refractivity contribution is 0.231. The van der Waals surface area contributed by atoms with Crippen LogP contribution in [0.4, 0.5) is 0 Å². The maximum Gasteiger partial charge on any atom is 0.119 e. The summed E-state index contributed by atoms with van der Waals surface area (Å²) in [6, 6.07) is 6.04. The van der Waals surface area contributed by atoms with Crippen LogP contribution in [0.15, 0.2) is 18.2 Å². The minimum Gasteiger partial charge on any atom is -0.497 e. The molecular formula is C15H21N3O. The number of nitrogens with one attached hydrogen (secondary N) is 1. The molecule has 2 heterocycles. The fourth-order valence-electron chi connectivity index (χ4n) is 2.81. The zero-order valence-electron chi connectivity index (χ0n) is 11.5. The molecule has 0 radical (unpaired) electrons. The summed E-state index contributed by atoms with van der Waals surface area (Å²) < 4.78 is 5.29. The number of methoxy groups -OCH3 is 1. The van der Waals surface area contributed by atoms with E-state index < -0.39 is 0 Å². The van der Waals surface area contributed by atoms with E-state index in [4.69, 9.17) is 4.74 Å². The molecule has 1 aromatic carbocycles. The van der Waals surface area contributed by atoms with E-state index in [1.807, 2.05) is 12.1 Å². The highest BCUT2D eigenvalue weighted by Crippen LogP contribution is 2.22. The molecule has 0 atom stereocenters. The predicted octanol–water partition coefficient (Wildman–Crippen LogP) is 2.60. The highest BCUT2D eigenvalue weighted by Gasteiger charge is 2.12. The number of ether oxygens (including phenoxy) is 1. The minimum atomic E-state index is 0.896. The number of likely N-dealkylation sites (tertiary alicyclic amines) is 1. The smallest absolute Gasteiger partial charge is 0.119 e. The standard InChI is InChI=1S/C15H21N3O/c1-19-12-5-6-14-13(11-12)15(17-16-14)7-10-18-8-3-2-4-9-18/h5-6,11H,2-4,7-10H2,1H3,(H,16,17). The van der Waals surface area contributed by atoms with Gasteiger partial charge in [-0.15, -0.1) is 0 Å². The van der Waals surface area contributed by atoms with Crippen molar-refractivity contribution in [3.05, 3.63) is 23.9 Å². The first kappa shape index (κ1) is 12.5. The third-order valence-electron chi connectivity index (χ3n) is 3.97. The monoisotopic (exact) mass is 259 g/mol. The minimum absolute atomic E-state index is 0.896. The van der Waals surface area contributed by atoms with Crippen LogP contribution in [0, 0.1) is 0 Å². The van der Waals surface area contributed by atoms with Gasteiger partial charge in [0.15, 0.2) is 0 Å². The van der Waals surface area contributed by atoms with Crippen LogP contribution < -0.4 is 4.74 Å². The number of H-pyrrole nitrogens is 1. The first-order valence-corrected chi connectivity index (χ1v) is 7.10. The van der Waals surface area contributed by atoms with Crippen LogP contribution in [-0.4, -0.2) is 41.8 Å². The summed E-state index contributed by atoms with van der Waals surface area (Å²) >= 11 is 0. The predicted molar refractivity (Wildman–Crippen MR) is 76.6 cm³/mol. The molecule has 1 N–H and O–H groups in total. The quantitative estimate of drug-likeness (QED) is 0.917. The Morgan fingerprint density at radius 3 is 2.89 bits per heavy atom. The van der Waals surface area contributed by atoms with Crippen molar-refractivity contribution < 1.29 is 4.74 Å². The number of hydrogen-bond donors (Lipinski definition) is 1. The first-order chi connectivity index (χ1) is 9.36. The lowest BCUT2D eigenvalue weighted by Gasteiger charge is -2.26. The van der Waals surface area contributed by atoms with Crippen LogP contribution in [0.5, 0.6) is 5.75 Å². The molecular weight excluding hydrogens is 238 g/mol. The van der Waals surface area contributed by atoms with Crippen molar-refractivity contribution in [2.75, 3.05) is 26.7 Å². The van der Waals surface area contributed by atoms with Gasteiger partial charge in [-0.25, -0.2) is 0 Å². The fraction of sp³-hybridized carbons (Fsp3) is 0.533. The molecule has 1 saturated heterocycles. The molecule has 4 nitrogen and oxygen atoms in total. The molecule has 1 fully saturated rings. The summed E-state index contributed by atoms with van der Waals surface area (Å²) in [7, 11) is 1.70. The van der Waals surface area contributed by atoms with Gasteiger partial charge in [-0.2, -0.15) is 5.10 Å². The van der Waals surface area contributed by atoms with E-state index in [1.165, 1.54) is 43.4 Å². The largest absolute Gasteiger partial charge is 0.497 e. The second-order valence-corrected chi connectivity index (χ2v) is 5.24. The molecule has 3 rings (SSSR count). The van der Waals surface area contributed by atoms with Crippen LogP contribution >= 0.6 is 0 Å². The number of aromatic nitrogens is 2. The average molecular weight is 259 g/mol. The van der Waals surface area contributed by atoms with Crippen LogP contribution in [0.2, 0.25) is 0 Å². The summed E-state index contributed by atoms with van der Waals surface area (Å²) in [6.07, 6.45) is 5.11. The van der Waals surface area contributed by atoms with Gasteiger partial charge in [0, 0.05) is 24.0 Å². The summed E-state index contributed by atoms with van der Waals surface area (Å²) in [4.78, 5) is 2.55. The van der Waals surface area contributed by atoms with Crippen molar-refractivity contribution in [2.45, 2.75) is 25.7 Å². The Balaban J connectivity index is 1.72. The van der Waals surface area contributed by atoms with Crippen molar-refractivity contribution in [2.24, 2.45) is 0 Å². The van der Waals surface area contributed by atoms with Crippen molar-refractivity contribution >= 4 is 10.9 Å². The van der Waals surface area contributed by atoms with Crippen molar-refractivity contribution in [3.8, 4) is 5.75 Å². The lowest BCUT2D eigenvalue weighted by atomic mass is 10.1. The zero-order valence-corrected chi connectivity index (χ0v) is 11.5. The molecule has 1 aliphatic rings. The lowest BCUT2D eigenvalue weighted by Crippen LogP contribution is -2.31. The molecule has 0 unspecified atom stereocenters. The third kappa shape index (κ3) is 2.73. The van der Waals surface area contributed by atoms with Gasteiger partial charge in [-0.3, -0.25) is 5.10 Å². The van der Waals surface area contributed by atoms with Gasteiger partial charge in [0.1, 0.15) is 5.75 Å². The number of piperidine rings is 1. The van der Waals surface area contributed by atoms with E-state index in [0.29, 0.717) is 0 Å². The van der Waals surface area contributed by atoms with Crippen LogP contribution in [0.25, 0.3) is 10.9 Å². The molecule has 0 spiro atoms. The van der Waals surface area contributed by atoms with E-state index in [-0.39, 0.29) is 0 Å². The average Bonchev–Trinajstić information content (AvgIpc) is 2.88. The van der Waals surface area contributed by atoms with E-state index in [9.17, 15) is 0 Å². The van der Waals surface area contributed by atoms with Gasteiger partial charge in [-0.1, -0.05) is 6.42 Å². The van der Waals surface area contributed by atoms with Crippen molar-refractivity contribution in [1.82, 2.24) is 15.1 Å². The molecule has 19 heavy (non-hydrogen) atoms. The van der Waals surface area contributed by atoms with Crippen LogP contribution in [0.1, 0.15) is 25.0 Å². The molecule has 0 aliphatic carbocycles. The fourth-order valence-corrected chi connectivity index (χ4v) is 2.81. The summed E-state index contributed by atoms with van der Waals surface area (Å²) in [5.41, 5.74) is 2.24. The number of nitrogens with zero attached hydrogens (tertiary/aromatic N) is 2.